The van der Waals surface area contributed by atoms with Gasteiger partial charge in [0.15, 0.2) is 5.76 Å². The van der Waals surface area contributed by atoms with Crippen molar-refractivity contribution in [3.8, 4) is 5.75 Å². The Balaban J connectivity index is 1.92. The molecule has 0 saturated carbocycles. The summed E-state index contributed by atoms with van der Waals surface area (Å²) >= 11 is 3.47. The van der Waals surface area contributed by atoms with Gasteiger partial charge in [-0.25, -0.2) is 13.1 Å². The minimum absolute atomic E-state index is 0.102. The van der Waals surface area contributed by atoms with Crippen LogP contribution in [0.4, 0.5) is 5.69 Å². The SMILES string of the molecule is CCOc1ccccc1S(=O)(=O)NC(=O)c1cc2cc(Br)c(N(C)C)cc2o1. The molecule has 9 heteroatoms. The van der Waals surface area contributed by atoms with E-state index in [2.05, 4.69) is 15.9 Å². The van der Waals surface area contributed by atoms with E-state index >= 15 is 0 Å². The maximum atomic E-state index is 12.7. The van der Waals surface area contributed by atoms with Gasteiger partial charge in [0, 0.05) is 30.0 Å². The van der Waals surface area contributed by atoms with E-state index < -0.39 is 15.9 Å². The van der Waals surface area contributed by atoms with Crippen molar-refractivity contribution in [2.45, 2.75) is 11.8 Å². The molecule has 0 spiro atoms. The number of fused-ring (bicyclic) bond motifs is 1. The standard InChI is InChI=1S/C19H19BrN2O5S/c1-4-26-15-7-5-6-8-18(15)28(24,25)21-19(23)17-10-12-9-13(20)14(22(2)3)11-16(12)27-17/h5-11H,4H2,1-3H3,(H,21,23). The Kier molecular flexibility index (Phi) is 5.66. The van der Waals surface area contributed by atoms with Crippen LogP contribution < -0.4 is 14.4 Å². The van der Waals surface area contributed by atoms with E-state index in [1.807, 2.05) is 29.8 Å². The van der Waals surface area contributed by atoms with Crippen molar-refractivity contribution in [2.75, 3.05) is 25.6 Å². The molecule has 0 bridgehead atoms. The van der Waals surface area contributed by atoms with Crippen LogP contribution in [0, 0.1) is 0 Å². The lowest BCUT2D eigenvalue weighted by molar-refractivity contribution is 0.0956. The Hall–Kier alpha value is -2.52. The lowest BCUT2D eigenvalue weighted by Crippen LogP contribution is -2.30. The topological polar surface area (TPSA) is 88.8 Å². The molecule has 0 aliphatic heterocycles. The zero-order valence-electron chi connectivity index (χ0n) is 15.5. The normalized spacial score (nSPS) is 11.4. The molecule has 1 heterocycles. The molecule has 0 aliphatic rings. The summed E-state index contributed by atoms with van der Waals surface area (Å²) in [4.78, 5) is 14.3. The number of hydrogen-bond acceptors (Lipinski definition) is 6. The molecule has 0 saturated heterocycles. The highest BCUT2D eigenvalue weighted by Crippen LogP contribution is 2.32. The molecule has 0 radical (unpaired) electrons. The monoisotopic (exact) mass is 466 g/mol. The molecular formula is C19H19BrN2O5S. The smallest absolute Gasteiger partial charge is 0.300 e. The second-order valence-corrected chi connectivity index (χ2v) is 8.67. The average Bonchev–Trinajstić information content (AvgIpc) is 3.04. The summed E-state index contributed by atoms with van der Waals surface area (Å²) in [7, 11) is -0.370. The first kappa shape index (κ1) is 20.2. The number of amides is 1. The molecule has 1 amide bonds. The van der Waals surface area contributed by atoms with Gasteiger partial charge in [0.05, 0.1) is 12.3 Å². The molecule has 3 aromatic rings. The fourth-order valence-electron chi connectivity index (χ4n) is 2.68. The van der Waals surface area contributed by atoms with Gasteiger partial charge in [-0.15, -0.1) is 0 Å². The summed E-state index contributed by atoms with van der Waals surface area (Å²) in [5.74, 6) is -0.783. The summed E-state index contributed by atoms with van der Waals surface area (Å²) < 4.78 is 39.1. The third-order valence-corrected chi connectivity index (χ3v) is 5.96. The molecule has 28 heavy (non-hydrogen) atoms. The third kappa shape index (κ3) is 4.00. The first-order valence-electron chi connectivity index (χ1n) is 8.42. The van der Waals surface area contributed by atoms with E-state index in [0.717, 1.165) is 10.2 Å². The van der Waals surface area contributed by atoms with E-state index in [1.54, 1.807) is 25.1 Å². The van der Waals surface area contributed by atoms with Crippen LogP contribution in [0.3, 0.4) is 0 Å². The number of benzene rings is 2. The van der Waals surface area contributed by atoms with Crippen LogP contribution in [-0.2, 0) is 10.0 Å². The fourth-order valence-corrected chi connectivity index (χ4v) is 4.50. The number of hydrogen-bond donors (Lipinski definition) is 1. The van der Waals surface area contributed by atoms with E-state index in [-0.39, 0.29) is 16.4 Å². The quantitative estimate of drug-likeness (QED) is 0.594. The van der Waals surface area contributed by atoms with Crippen LogP contribution in [0.15, 0.2) is 56.2 Å². The minimum Gasteiger partial charge on any atom is -0.492 e. The number of halogens is 1. The van der Waals surface area contributed by atoms with Gasteiger partial charge in [-0.3, -0.25) is 4.79 Å². The number of sulfonamides is 1. The number of carbonyl (C=O) groups excluding carboxylic acids is 1. The van der Waals surface area contributed by atoms with Gasteiger partial charge in [0.1, 0.15) is 16.2 Å². The predicted molar refractivity (Wildman–Crippen MR) is 111 cm³/mol. The third-order valence-electron chi connectivity index (χ3n) is 3.96. The van der Waals surface area contributed by atoms with Crippen LogP contribution in [0.2, 0.25) is 0 Å². The number of ether oxygens (including phenoxy) is 1. The highest BCUT2D eigenvalue weighted by Gasteiger charge is 2.24. The highest BCUT2D eigenvalue weighted by molar-refractivity contribution is 9.10. The van der Waals surface area contributed by atoms with E-state index in [9.17, 15) is 13.2 Å². The largest absolute Gasteiger partial charge is 0.492 e. The number of carbonyl (C=O) groups is 1. The van der Waals surface area contributed by atoms with Gasteiger partial charge in [-0.05, 0) is 47.1 Å². The average molecular weight is 467 g/mol. The molecule has 0 atom stereocenters. The number of nitrogens with zero attached hydrogens (tertiary/aromatic N) is 1. The molecule has 0 aliphatic carbocycles. The van der Waals surface area contributed by atoms with Gasteiger partial charge in [0.2, 0.25) is 0 Å². The maximum Gasteiger partial charge on any atom is 0.300 e. The fraction of sp³-hybridized carbons (Fsp3) is 0.211. The van der Waals surface area contributed by atoms with E-state index in [1.165, 1.54) is 18.2 Å². The van der Waals surface area contributed by atoms with Crippen molar-refractivity contribution in [2.24, 2.45) is 0 Å². The van der Waals surface area contributed by atoms with Crippen LogP contribution >= 0.6 is 15.9 Å². The molecule has 0 unspecified atom stereocenters. The molecule has 3 rings (SSSR count). The van der Waals surface area contributed by atoms with Crippen molar-refractivity contribution in [1.82, 2.24) is 4.72 Å². The summed E-state index contributed by atoms with van der Waals surface area (Å²) in [5.41, 5.74) is 1.34. The van der Waals surface area contributed by atoms with Crippen molar-refractivity contribution < 1.29 is 22.4 Å². The Bertz CT molecular complexity index is 1140. The van der Waals surface area contributed by atoms with Crippen molar-refractivity contribution in [3.63, 3.8) is 0 Å². The van der Waals surface area contributed by atoms with Crippen LogP contribution in [0.5, 0.6) is 5.75 Å². The number of rotatable bonds is 6. The summed E-state index contributed by atoms with van der Waals surface area (Å²) in [6.45, 7) is 2.05. The molecule has 1 N–H and O–H groups in total. The molecule has 148 valence electrons. The number of para-hydroxylation sites is 1. The first-order chi connectivity index (χ1) is 13.2. The zero-order valence-corrected chi connectivity index (χ0v) is 17.9. The second-order valence-electron chi connectivity index (χ2n) is 6.16. The second kappa shape index (κ2) is 7.84. The number of anilines is 1. The molecular weight excluding hydrogens is 448 g/mol. The molecule has 2 aromatic carbocycles. The lowest BCUT2D eigenvalue weighted by atomic mass is 10.2. The number of furan rings is 1. The Labute approximate surface area is 171 Å². The predicted octanol–water partition coefficient (Wildman–Crippen LogP) is 3.78. The van der Waals surface area contributed by atoms with Gasteiger partial charge in [-0.1, -0.05) is 12.1 Å². The summed E-state index contributed by atoms with van der Waals surface area (Å²) in [6.07, 6.45) is 0. The first-order valence-corrected chi connectivity index (χ1v) is 10.7. The Morgan fingerprint density at radius 2 is 1.93 bits per heavy atom. The van der Waals surface area contributed by atoms with E-state index in [4.69, 9.17) is 9.15 Å². The van der Waals surface area contributed by atoms with Crippen LogP contribution in [0.25, 0.3) is 11.0 Å². The van der Waals surface area contributed by atoms with Crippen LogP contribution in [0.1, 0.15) is 17.5 Å². The van der Waals surface area contributed by atoms with Crippen molar-refractivity contribution in [1.29, 1.82) is 0 Å². The Morgan fingerprint density at radius 3 is 2.61 bits per heavy atom. The maximum absolute atomic E-state index is 12.7. The van der Waals surface area contributed by atoms with Crippen molar-refractivity contribution >= 4 is 48.5 Å². The minimum atomic E-state index is -4.13. The zero-order chi connectivity index (χ0) is 20.5. The van der Waals surface area contributed by atoms with Gasteiger partial charge >= 0.3 is 5.91 Å². The van der Waals surface area contributed by atoms with Gasteiger partial charge < -0.3 is 14.1 Å². The summed E-state index contributed by atoms with van der Waals surface area (Å²) in [6, 6.07) is 11.2. The van der Waals surface area contributed by atoms with Gasteiger partial charge in [0.25, 0.3) is 10.0 Å². The summed E-state index contributed by atoms with van der Waals surface area (Å²) in [5, 5.41) is 0.676. The van der Waals surface area contributed by atoms with Gasteiger partial charge in [-0.2, -0.15) is 0 Å². The van der Waals surface area contributed by atoms with Crippen molar-refractivity contribution in [3.05, 3.63) is 52.7 Å². The number of nitrogens with one attached hydrogen (secondary N) is 1. The Morgan fingerprint density at radius 1 is 1.21 bits per heavy atom. The molecule has 1 aromatic heterocycles. The molecule has 0 fully saturated rings. The molecule has 7 nitrogen and oxygen atoms in total. The van der Waals surface area contributed by atoms with Crippen LogP contribution in [-0.4, -0.2) is 35.0 Å². The lowest BCUT2D eigenvalue weighted by Gasteiger charge is -2.13. The van der Waals surface area contributed by atoms with E-state index in [0.29, 0.717) is 17.6 Å². The highest BCUT2D eigenvalue weighted by atomic mass is 79.9.